The minimum atomic E-state index is -0.0754. The molecule has 0 unspecified atom stereocenters. The molecule has 3 aromatic carbocycles. The van der Waals surface area contributed by atoms with Crippen molar-refractivity contribution in [3.8, 4) is 23.0 Å². The van der Waals surface area contributed by atoms with Gasteiger partial charge in [0, 0.05) is 29.4 Å². The van der Waals surface area contributed by atoms with E-state index in [9.17, 15) is 0 Å². The van der Waals surface area contributed by atoms with E-state index in [0.717, 1.165) is 44.6 Å². The number of pyridine rings is 1. The molecule has 0 spiro atoms. The molecule has 6 rings (SSSR count). The molecule has 0 bridgehead atoms. The van der Waals surface area contributed by atoms with Crippen molar-refractivity contribution in [3.63, 3.8) is 0 Å². The third-order valence-corrected chi connectivity index (χ3v) is 7.28. The predicted molar refractivity (Wildman–Crippen MR) is 162 cm³/mol. The first-order valence-corrected chi connectivity index (χ1v) is 13.7. The molecule has 0 amide bonds. The summed E-state index contributed by atoms with van der Waals surface area (Å²) in [6.07, 6.45) is 3.84. The van der Waals surface area contributed by atoms with Crippen molar-refractivity contribution in [2.24, 2.45) is 0 Å². The molecule has 0 atom stereocenters. The molecule has 0 aliphatic heterocycles. The van der Waals surface area contributed by atoms with Gasteiger partial charge in [0.15, 0.2) is 0 Å². The van der Waals surface area contributed by atoms with Gasteiger partial charge in [-0.3, -0.25) is 4.68 Å². The molecular weight excluding hydrogens is 687 g/mol. The molecule has 0 saturated heterocycles. The van der Waals surface area contributed by atoms with E-state index in [1.54, 1.807) is 0 Å². The van der Waals surface area contributed by atoms with Crippen LogP contribution in [-0.4, -0.2) is 19.3 Å². The molecule has 0 saturated carbocycles. The Labute approximate surface area is 256 Å². The number of rotatable bonds is 4. The number of ether oxygens (including phenoxy) is 1. The number of fused-ring (bicyclic) bond motifs is 3. The predicted octanol–water partition coefficient (Wildman–Crippen LogP) is 8.66. The first-order chi connectivity index (χ1) is 19.0. The summed E-state index contributed by atoms with van der Waals surface area (Å²) in [7, 11) is 0. The summed E-state index contributed by atoms with van der Waals surface area (Å²) in [6, 6.07) is 29.9. The van der Waals surface area contributed by atoms with Gasteiger partial charge in [0.2, 0.25) is 0 Å². The second kappa shape index (κ2) is 10.6. The van der Waals surface area contributed by atoms with Gasteiger partial charge in [-0.2, -0.15) is 11.2 Å². The first kappa shape index (κ1) is 28.8. The molecule has 210 valence electrons. The number of aromatic nitrogens is 4. The summed E-state index contributed by atoms with van der Waals surface area (Å²) < 4.78 is 10.5. The number of benzene rings is 3. The zero-order valence-corrected chi connectivity index (χ0v) is 26.8. The van der Waals surface area contributed by atoms with E-state index >= 15 is 0 Å². The number of nitrogens with zero attached hydrogens (tertiary/aromatic N) is 4. The van der Waals surface area contributed by atoms with Gasteiger partial charge in [-0.1, -0.05) is 65.3 Å². The molecule has 5 nitrogen and oxygen atoms in total. The van der Waals surface area contributed by atoms with Crippen molar-refractivity contribution in [1.82, 2.24) is 19.3 Å². The van der Waals surface area contributed by atoms with E-state index in [1.807, 2.05) is 36.1 Å². The Kier molecular flexibility index (Phi) is 7.46. The minimum Gasteiger partial charge on any atom is -0.509 e. The Hall–Kier alpha value is -3.69. The Bertz CT molecular complexity index is 1870. The summed E-state index contributed by atoms with van der Waals surface area (Å²) >= 11 is 0. The molecule has 3 heterocycles. The molecule has 41 heavy (non-hydrogen) atoms. The van der Waals surface area contributed by atoms with Crippen molar-refractivity contribution in [1.29, 1.82) is 0 Å². The number of para-hydroxylation sites is 1. The summed E-state index contributed by atoms with van der Waals surface area (Å²) in [5.74, 6) is 2.11. The molecule has 6 aromatic rings. The molecule has 0 radical (unpaired) electrons. The van der Waals surface area contributed by atoms with Crippen LogP contribution in [0.3, 0.4) is 0 Å². The smallest absolute Gasteiger partial charge is 0.509 e. The van der Waals surface area contributed by atoms with Crippen LogP contribution in [0.15, 0.2) is 79.1 Å². The van der Waals surface area contributed by atoms with E-state index in [1.165, 1.54) is 5.56 Å². The monoisotopic (exact) mass is 721 g/mol. The zero-order chi connectivity index (χ0) is 28.2. The fraction of sp³-hybridized carbons (Fsp3) is 0.257. The van der Waals surface area contributed by atoms with Gasteiger partial charge in [-0.15, -0.1) is 41.3 Å². The van der Waals surface area contributed by atoms with Crippen LogP contribution in [-0.2, 0) is 31.9 Å². The van der Waals surface area contributed by atoms with Crippen molar-refractivity contribution in [2.75, 3.05) is 0 Å². The third-order valence-electron chi connectivity index (χ3n) is 7.28. The molecular formula is C35H34N4OPt. The van der Waals surface area contributed by atoms with Crippen LogP contribution < -0.4 is 4.74 Å². The summed E-state index contributed by atoms with van der Waals surface area (Å²) in [5.41, 5.74) is 6.10. The number of hydrogen-bond donors (Lipinski definition) is 0. The van der Waals surface area contributed by atoms with Gasteiger partial charge < -0.3 is 9.30 Å². The molecule has 0 N–H and O–H groups in total. The van der Waals surface area contributed by atoms with E-state index in [0.29, 0.717) is 11.5 Å². The summed E-state index contributed by atoms with van der Waals surface area (Å²) in [6.45, 7) is 15.2. The van der Waals surface area contributed by atoms with Gasteiger partial charge in [0.05, 0.1) is 5.69 Å². The van der Waals surface area contributed by atoms with Crippen molar-refractivity contribution in [2.45, 2.75) is 59.3 Å². The topological polar surface area (TPSA) is 44.9 Å². The van der Waals surface area contributed by atoms with Gasteiger partial charge >= 0.3 is 21.1 Å². The van der Waals surface area contributed by atoms with Gasteiger partial charge in [0.25, 0.3) is 0 Å². The average Bonchev–Trinajstić information content (AvgIpc) is 3.48. The normalized spacial score (nSPS) is 12.1. The van der Waals surface area contributed by atoms with Crippen LogP contribution in [0.5, 0.6) is 11.5 Å². The van der Waals surface area contributed by atoms with E-state index in [4.69, 9.17) is 9.72 Å². The van der Waals surface area contributed by atoms with Gasteiger partial charge in [0.1, 0.15) is 5.82 Å². The fourth-order valence-electron chi connectivity index (χ4n) is 4.99. The summed E-state index contributed by atoms with van der Waals surface area (Å²) in [5, 5.41) is 6.86. The Balaban J connectivity index is 0.00000337. The maximum Gasteiger partial charge on any atom is 2.00 e. The van der Waals surface area contributed by atoms with E-state index in [2.05, 4.69) is 118 Å². The van der Waals surface area contributed by atoms with Crippen LogP contribution in [0, 0.1) is 19.1 Å². The zero-order valence-electron chi connectivity index (χ0n) is 24.5. The van der Waals surface area contributed by atoms with Crippen LogP contribution >= 0.6 is 0 Å². The Morgan fingerprint density at radius 1 is 0.756 bits per heavy atom. The second-order valence-corrected chi connectivity index (χ2v) is 12.5. The molecule has 6 heteroatoms. The number of hydrogen-bond acceptors (Lipinski definition) is 3. The van der Waals surface area contributed by atoms with Crippen LogP contribution in [0.25, 0.3) is 33.3 Å². The number of aryl methyl sites for hydroxylation is 1. The van der Waals surface area contributed by atoms with Crippen molar-refractivity contribution >= 4 is 21.8 Å². The SMILES string of the molecule is Cc1ccn(-c2[c-]c(Oc3[c-]c4c(cc3)c3ccccc3n4-c3cc(C(C)(C)C)ccn3)cc(C(C)(C)C)c2)n1.[Pt+2]. The standard InChI is InChI=1S/C35H34N4O.Pt/c1-23-15-17-38(37-23)26-18-25(35(5,6)7)19-28(21-26)40-27-12-13-30-29-10-8-9-11-31(29)39(32(30)22-27)33-20-24(14-16-36-33)34(2,3)4;/h8-20H,1-7H3;/q-2;+2. The molecule has 0 fully saturated rings. The molecule has 3 aromatic heterocycles. The fourth-order valence-corrected chi connectivity index (χ4v) is 4.99. The quantitative estimate of drug-likeness (QED) is 0.171. The summed E-state index contributed by atoms with van der Waals surface area (Å²) in [4.78, 5) is 4.78. The van der Waals surface area contributed by atoms with Crippen LogP contribution in [0.4, 0.5) is 0 Å². The van der Waals surface area contributed by atoms with Gasteiger partial charge in [-0.05, 0) is 58.7 Å². The molecule has 0 aliphatic rings. The van der Waals surface area contributed by atoms with Crippen LogP contribution in [0.2, 0.25) is 0 Å². The van der Waals surface area contributed by atoms with Gasteiger partial charge in [-0.25, -0.2) is 4.98 Å². The maximum absolute atomic E-state index is 6.47. The van der Waals surface area contributed by atoms with E-state index in [-0.39, 0.29) is 31.9 Å². The minimum absolute atomic E-state index is 0. The molecule has 0 aliphatic carbocycles. The second-order valence-electron chi connectivity index (χ2n) is 12.5. The van der Waals surface area contributed by atoms with Crippen molar-refractivity contribution < 1.29 is 25.8 Å². The Morgan fingerprint density at radius 2 is 1.51 bits per heavy atom. The first-order valence-electron chi connectivity index (χ1n) is 13.7. The van der Waals surface area contributed by atoms with Crippen LogP contribution in [0.1, 0.15) is 58.4 Å². The maximum atomic E-state index is 6.47. The van der Waals surface area contributed by atoms with Crippen molar-refractivity contribution in [3.05, 3.63) is 108 Å². The average molecular weight is 722 g/mol. The van der Waals surface area contributed by atoms with E-state index < -0.39 is 0 Å². The Morgan fingerprint density at radius 3 is 2.22 bits per heavy atom. The largest absolute Gasteiger partial charge is 2.00 e. The third kappa shape index (κ3) is 5.61.